The van der Waals surface area contributed by atoms with Crippen LogP contribution in [0.5, 0.6) is 0 Å². The van der Waals surface area contributed by atoms with Gasteiger partial charge in [-0.25, -0.2) is 4.79 Å². The molecule has 0 aliphatic carbocycles. The topological polar surface area (TPSA) is 26.3 Å². The van der Waals surface area contributed by atoms with E-state index in [1.165, 1.54) is 0 Å². The molecule has 2 nitrogen and oxygen atoms in total. The molecule has 0 atom stereocenters. The first-order chi connectivity index (χ1) is 6.25. The van der Waals surface area contributed by atoms with Crippen molar-refractivity contribution in [3.8, 4) is 0 Å². The van der Waals surface area contributed by atoms with E-state index in [2.05, 4.69) is 12.3 Å². The molecule has 0 spiro atoms. The second-order valence-corrected chi connectivity index (χ2v) is 2.54. The summed E-state index contributed by atoms with van der Waals surface area (Å²) in [7, 11) is 0. The van der Waals surface area contributed by atoms with Gasteiger partial charge in [0.05, 0.1) is 5.56 Å². The summed E-state index contributed by atoms with van der Waals surface area (Å²) in [6.07, 6.45) is 1.15. The molecule has 13 heavy (non-hydrogen) atoms. The highest BCUT2D eigenvalue weighted by Crippen LogP contribution is 2.08. The molecule has 2 heteroatoms. The van der Waals surface area contributed by atoms with E-state index in [1.54, 1.807) is 12.1 Å². The number of ether oxygens (including phenoxy) is 1. The molecule has 1 aromatic carbocycles. The van der Waals surface area contributed by atoms with Crippen LogP contribution in [-0.4, -0.2) is 5.97 Å². The van der Waals surface area contributed by atoms with Gasteiger partial charge in [0.25, 0.3) is 0 Å². The number of rotatable bonds is 2. The van der Waals surface area contributed by atoms with E-state index in [-0.39, 0.29) is 5.97 Å². The smallest absolute Gasteiger partial charge is 0.343 e. The summed E-state index contributed by atoms with van der Waals surface area (Å²) in [5.41, 5.74) is 3.83. The van der Waals surface area contributed by atoms with Gasteiger partial charge in [0.1, 0.15) is 6.26 Å². The second kappa shape index (κ2) is 4.29. The zero-order valence-electron chi connectivity index (χ0n) is 7.41. The van der Waals surface area contributed by atoms with E-state index in [4.69, 9.17) is 4.74 Å². The average molecular weight is 174 g/mol. The van der Waals surface area contributed by atoms with Crippen molar-refractivity contribution in [2.45, 2.75) is 6.92 Å². The maximum Gasteiger partial charge on any atom is 0.343 e. The highest BCUT2D eigenvalue weighted by Gasteiger charge is 2.07. The summed E-state index contributed by atoms with van der Waals surface area (Å²) in [5, 5.41) is 0. The van der Waals surface area contributed by atoms with Gasteiger partial charge < -0.3 is 4.74 Å². The Morgan fingerprint density at radius 2 is 2.23 bits per heavy atom. The van der Waals surface area contributed by atoms with Gasteiger partial charge in [0.2, 0.25) is 0 Å². The van der Waals surface area contributed by atoms with Crippen LogP contribution in [0, 0.1) is 6.92 Å². The molecule has 0 bridgehead atoms. The monoisotopic (exact) mass is 174 g/mol. The van der Waals surface area contributed by atoms with E-state index in [9.17, 15) is 4.79 Å². The fourth-order valence-corrected chi connectivity index (χ4v) is 0.961. The Bertz CT molecular complexity index is 360. The molecule has 0 aliphatic rings. The molecule has 0 radical (unpaired) electrons. The van der Waals surface area contributed by atoms with Crippen molar-refractivity contribution < 1.29 is 9.53 Å². The summed E-state index contributed by atoms with van der Waals surface area (Å²) >= 11 is 0. The molecular formula is C11H10O2. The minimum atomic E-state index is -0.380. The maximum absolute atomic E-state index is 11.3. The third-order valence-electron chi connectivity index (χ3n) is 1.61. The first-order valence-corrected chi connectivity index (χ1v) is 3.86. The van der Waals surface area contributed by atoms with Crippen LogP contribution in [-0.2, 0) is 4.74 Å². The third kappa shape index (κ3) is 2.32. The van der Waals surface area contributed by atoms with Crippen LogP contribution in [0.15, 0.2) is 42.8 Å². The maximum atomic E-state index is 11.3. The predicted octanol–water partition coefficient (Wildman–Crippen LogP) is 2.45. The lowest BCUT2D eigenvalue weighted by Gasteiger charge is -2.01. The van der Waals surface area contributed by atoms with Crippen LogP contribution in [0.1, 0.15) is 15.9 Å². The van der Waals surface area contributed by atoms with Gasteiger partial charge in [-0.3, -0.25) is 0 Å². The first kappa shape index (κ1) is 9.30. The summed E-state index contributed by atoms with van der Waals surface area (Å²) in [4.78, 5) is 11.3. The fourth-order valence-electron chi connectivity index (χ4n) is 0.961. The number of aryl methyl sites for hydroxylation is 1. The summed E-state index contributed by atoms with van der Waals surface area (Å²) in [6.45, 7) is 5.15. The molecule has 66 valence electrons. The molecule has 0 unspecified atom stereocenters. The van der Waals surface area contributed by atoms with Crippen molar-refractivity contribution in [3.05, 3.63) is 54.0 Å². The van der Waals surface area contributed by atoms with E-state index in [0.29, 0.717) is 5.56 Å². The van der Waals surface area contributed by atoms with Gasteiger partial charge in [0, 0.05) is 0 Å². The molecule has 0 aliphatic heterocycles. The Labute approximate surface area is 77.2 Å². The van der Waals surface area contributed by atoms with Crippen molar-refractivity contribution in [2.75, 3.05) is 0 Å². The minimum Gasteiger partial charge on any atom is -0.422 e. The van der Waals surface area contributed by atoms with Crippen molar-refractivity contribution in [1.82, 2.24) is 0 Å². The Kier molecular flexibility index (Phi) is 3.07. The van der Waals surface area contributed by atoms with Gasteiger partial charge in [-0.05, 0) is 18.6 Å². The van der Waals surface area contributed by atoms with E-state index in [0.717, 1.165) is 11.8 Å². The summed E-state index contributed by atoms with van der Waals surface area (Å²) in [5.74, 6) is -0.380. The van der Waals surface area contributed by atoms with Gasteiger partial charge in [0.15, 0.2) is 0 Å². The number of hydrogen-bond donors (Lipinski definition) is 0. The van der Waals surface area contributed by atoms with Crippen LogP contribution < -0.4 is 0 Å². The predicted molar refractivity (Wildman–Crippen MR) is 50.3 cm³/mol. The molecule has 0 amide bonds. The lowest BCUT2D eigenvalue weighted by atomic mass is 10.1. The largest absolute Gasteiger partial charge is 0.422 e. The Morgan fingerprint density at radius 1 is 1.54 bits per heavy atom. The minimum absolute atomic E-state index is 0.380. The van der Waals surface area contributed by atoms with Gasteiger partial charge in [-0.15, -0.1) is 0 Å². The van der Waals surface area contributed by atoms with Crippen LogP contribution in [0.2, 0.25) is 0 Å². The van der Waals surface area contributed by atoms with Gasteiger partial charge >= 0.3 is 5.97 Å². The molecule has 0 saturated carbocycles. The first-order valence-electron chi connectivity index (χ1n) is 3.86. The van der Waals surface area contributed by atoms with Crippen LogP contribution in [0.25, 0.3) is 0 Å². The number of carbonyl (C=O) groups excluding carboxylic acids is 1. The summed E-state index contributed by atoms with van der Waals surface area (Å²) < 4.78 is 4.72. The third-order valence-corrected chi connectivity index (χ3v) is 1.61. The highest BCUT2D eigenvalue weighted by atomic mass is 16.5. The highest BCUT2D eigenvalue weighted by molar-refractivity contribution is 5.91. The van der Waals surface area contributed by atoms with Crippen molar-refractivity contribution in [2.24, 2.45) is 0 Å². The normalized spacial score (nSPS) is 8.69. The second-order valence-electron chi connectivity index (χ2n) is 2.54. The quantitative estimate of drug-likeness (QED) is 0.391. The molecule has 0 N–H and O–H groups in total. The molecular weight excluding hydrogens is 164 g/mol. The number of carbonyl (C=O) groups is 1. The van der Waals surface area contributed by atoms with Crippen LogP contribution in [0.4, 0.5) is 0 Å². The van der Waals surface area contributed by atoms with Crippen LogP contribution >= 0.6 is 0 Å². The zero-order valence-corrected chi connectivity index (χ0v) is 7.41. The molecule has 1 rings (SSSR count). The molecule has 0 heterocycles. The molecule has 1 aromatic rings. The fraction of sp³-hybridized carbons (Fsp3) is 0.0909. The zero-order chi connectivity index (χ0) is 9.68. The van der Waals surface area contributed by atoms with Crippen LogP contribution in [0.3, 0.4) is 0 Å². The van der Waals surface area contributed by atoms with Crippen molar-refractivity contribution in [1.29, 1.82) is 0 Å². The number of esters is 1. The van der Waals surface area contributed by atoms with Gasteiger partial charge in [-0.1, -0.05) is 30.5 Å². The Morgan fingerprint density at radius 3 is 2.85 bits per heavy atom. The van der Waals surface area contributed by atoms with E-state index < -0.39 is 0 Å². The summed E-state index contributed by atoms with van der Waals surface area (Å²) in [6, 6.07) is 7.24. The van der Waals surface area contributed by atoms with E-state index >= 15 is 0 Å². The Balaban J connectivity index is 2.88. The SMILES string of the molecule is C=C=COC(=O)c1ccccc1C. The lowest BCUT2D eigenvalue weighted by Crippen LogP contribution is -2.02. The van der Waals surface area contributed by atoms with E-state index in [1.807, 2.05) is 19.1 Å². The molecule has 0 fully saturated rings. The molecule has 0 aromatic heterocycles. The van der Waals surface area contributed by atoms with Crippen molar-refractivity contribution >= 4 is 5.97 Å². The standard InChI is InChI=1S/C11H10O2/c1-3-8-13-11(12)10-7-5-4-6-9(10)2/h4-8H,1H2,2H3. The number of benzene rings is 1. The lowest BCUT2D eigenvalue weighted by molar-refractivity contribution is 0.0663. The number of hydrogen-bond acceptors (Lipinski definition) is 2. The van der Waals surface area contributed by atoms with Gasteiger partial charge in [-0.2, -0.15) is 0 Å². The Hall–Kier alpha value is -1.79. The molecule has 0 saturated heterocycles. The van der Waals surface area contributed by atoms with Crippen molar-refractivity contribution in [3.63, 3.8) is 0 Å². The average Bonchev–Trinajstić information content (AvgIpc) is 2.15.